The van der Waals surface area contributed by atoms with Crippen molar-refractivity contribution in [3.05, 3.63) is 18.2 Å². The quantitative estimate of drug-likeness (QED) is 0.779. The van der Waals surface area contributed by atoms with Gasteiger partial charge in [-0.25, -0.2) is 13.1 Å². The number of nitrogens with one attached hydrogen (secondary N) is 1. The van der Waals surface area contributed by atoms with E-state index < -0.39 is 10.0 Å². The second kappa shape index (κ2) is 5.36. The maximum atomic E-state index is 12.3. The molecule has 0 unspecified atom stereocenters. The summed E-state index contributed by atoms with van der Waals surface area (Å²) in [6.45, 7) is 0. The monoisotopic (exact) mass is 286 g/mol. The average molecular weight is 286 g/mol. The van der Waals surface area contributed by atoms with E-state index in [9.17, 15) is 8.42 Å². The lowest BCUT2D eigenvalue weighted by Gasteiger charge is -2.34. The van der Waals surface area contributed by atoms with Gasteiger partial charge in [-0.15, -0.1) is 0 Å². The summed E-state index contributed by atoms with van der Waals surface area (Å²) >= 11 is 0. The van der Waals surface area contributed by atoms with Gasteiger partial charge in [-0.3, -0.25) is 0 Å². The van der Waals surface area contributed by atoms with Crippen molar-refractivity contribution in [2.75, 3.05) is 20.0 Å². The third-order valence-corrected chi connectivity index (χ3v) is 4.77. The first-order chi connectivity index (χ1) is 8.96. The number of anilines is 1. The van der Waals surface area contributed by atoms with Crippen LogP contribution in [0.2, 0.25) is 0 Å². The molecule has 19 heavy (non-hydrogen) atoms. The number of benzene rings is 1. The minimum atomic E-state index is -3.63. The maximum Gasteiger partial charge on any atom is 0.244 e. The Bertz CT molecular complexity index is 553. The molecule has 0 radical (unpaired) electrons. The normalized spacial score (nSPS) is 22.8. The summed E-state index contributed by atoms with van der Waals surface area (Å²) in [6, 6.07) is 4.44. The van der Waals surface area contributed by atoms with Gasteiger partial charge < -0.3 is 15.2 Å². The van der Waals surface area contributed by atoms with E-state index in [1.54, 1.807) is 19.2 Å². The van der Waals surface area contributed by atoms with Crippen molar-refractivity contribution in [3.63, 3.8) is 0 Å². The number of rotatable bonds is 5. The highest BCUT2D eigenvalue weighted by atomic mass is 32.2. The van der Waals surface area contributed by atoms with Gasteiger partial charge in [0.05, 0.1) is 13.2 Å². The standard InChI is InChI=1S/C12H18N2O4S/c1-17-10-6-9(7-10)14-19(15,16)12-5-8(13)3-4-11(12)18-2/h3-5,9-10,14H,6-7,13H2,1-2H3. The molecule has 1 saturated carbocycles. The minimum absolute atomic E-state index is 0.0656. The van der Waals surface area contributed by atoms with Crippen LogP contribution >= 0.6 is 0 Å². The Balaban J connectivity index is 2.18. The van der Waals surface area contributed by atoms with Crippen LogP contribution in [0.3, 0.4) is 0 Å². The van der Waals surface area contributed by atoms with Gasteiger partial charge in [0, 0.05) is 18.8 Å². The van der Waals surface area contributed by atoms with Gasteiger partial charge in [0.15, 0.2) is 0 Å². The van der Waals surface area contributed by atoms with E-state index in [4.69, 9.17) is 15.2 Å². The fourth-order valence-electron chi connectivity index (χ4n) is 2.04. The molecular weight excluding hydrogens is 268 g/mol. The summed E-state index contributed by atoms with van der Waals surface area (Å²) in [5, 5.41) is 0. The van der Waals surface area contributed by atoms with Crippen molar-refractivity contribution in [2.45, 2.75) is 29.9 Å². The molecule has 1 aromatic rings. The SMILES string of the molecule is COc1ccc(N)cc1S(=O)(=O)NC1CC(OC)C1. The average Bonchev–Trinajstić information content (AvgIpc) is 2.33. The predicted octanol–water partition coefficient (Wildman–Crippen LogP) is 0.733. The number of ether oxygens (including phenoxy) is 2. The molecule has 0 aromatic heterocycles. The smallest absolute Gasteiger partial charge is 0.244 e. The number of nitrogen functional groups attached to an aromatic ring is 1. The Kier molecular flexibility index (Phi) is 3.98. The molecule has 1 aliphatic carbocycles. The minimum Gasteiger partial charge on any atom is -0.495 e. The van der Waals surface area contributed by atoms with E-state index in [-0.39, 0.29) is 22.8 Å². The number of methoxy groups -OCH3 is 2. The molecule has 0 heterocycles. The van der Waals surface area contributed by atoms with Crippen LogP contribution in [-0.4, -0.2) is 34.8 Å². The van der Waals surface area contributed by atoms with Crippen LogP contribution < -0.4 is 15.2 Å². The van der Waals surface area contributed by atoms with Gasteiger partial charge in [-0.05, 0) is 31.0 Å². The second-order valence-corrected chi connectivity index (χ2v) is 6.24. The molecule has 0 aliphatic heterocycles. The molecule has 0 bridgehead atoms. The summed E-state index contributed by atoms with van der Waals surface area (Å²) in [5.74, 6) is 0.282. The molecule has 0 spiro atoms. The topological polar surface area (TPSA) is 90.7 Å². The van der Waals surface area contributed by atoms with E-state index in [2.05, 4.69) is 4.72 Å². The highest BCUT2D eigenvalue weighted by molar-refractivity contribution is 7.89. The van der Waals surface area contributed by atoms with Crippen LogP contribution in [-0.2, 0) is 14.8 Å². The molecule has 1 aliphatic rings. The molecule has 0 atom stereocenters. The Labute approximate surface area is 112 Å². The lowest BCUT2D eigenvalue weighted by Crippen LogP contribution is -2.47. The third-order valence-electron chi connectivity index (χ3n) is 3.23. The highest BCUT2D eigenvalue weighted by Crippen LogP contribution is 2.29. The number of nitrogens with two attached hydrogens (primary N) is 1. The Hall–Kier alpha value is -1.31. The lowest BCUT2D eigenvalue weighted by molar-refractivity contribution is 0.0236. The van der Waals surface area contributed by atoms with Gasteiger partial charge >= 0.3 is 0 Å². The first-order valence-electron chi connectivity index (χ1n) is 5.95. The van der Waals surface area contributed by atoms with E-state index in [0.717, 1.165) is 0 Å². The first-order valence-corrected chi connectivity index (χ1v) is 7.43. The van der Waals surface area contributed by atoms with E-state index in [1.165, 1.54) is 13.2 Å². The molecule has 1 aromatic carbocycles. The van der Waals surface area contributed by atoms with Crippen LogP contribution in [0.5, 0.6) is 5.75 Å². The van der Waals surface area contributed by atoms with Gasteiger partial charge in [-0.1, -0.05) is 0 Å². The van der Waals surface area contributed by atoms with Crippen molar-refractivity contribution >= 4 is 15.7 Å². The van der Waals surface area contributed by atoms with Crippen molar-refractivity contribution in [2.24, 2.45) is 0 Å². The van der Waals surface area contributed by atoms with E-state index in [1.807, 2.05) is 0 Å². The number of hydrogen-bond acceptors (Lipinski definition) is 5. The molecule has 3 N–H and O–H groups in total. The van der Waals surface area contributed by atoms with Crippen LogP contribution in [0, 0.1) is 0 Å². The Morgan fingerprint density at radius 2 is 2.00 bits per heavy atom. The van der Waals surface area contributed by atoms with E-state index in [0.29, 0.717) is 18.5 Å². The fourth-order valence-corrected chi connectivity index (χ4v) is 3.51. The zero-order chi connectivity index (χ0) is 14.0. The summed E-state index contributed by atoms with van der Waals surface area (Å²) in [5.41, 5.74) is 6.01. The van der Waals surface area contributed by atoms with Crippen LogP contribution in [0.15, 0.2) is 23.1 Å². The van der Waals surface area contributed by atoms with Crippen molar-refractivity contribution in [1.29, 1.82) is 0 Å². The van der Waals surface area contributed by atoms with Crippen molar-refractivity contribution in [1.82, 2.24) is 4.72 Å². The second-order valence-electron chi connectivity index (χ2n) is 4.56. The van der Waals surface area contributed by atoms with E-state index >= 15 is 0 Å². The van der Waals surface area contributed by atoms with Gasteiger partial charge in [0.1, 0.15) is 10.6 Å². The molecule has 7 heteroatoms. The molecule has 106 valence electrons. The van der Waals surface area contributed by atoms with Crippen molar-refractivity contribution in [3.8, 4) is 5.75 Å². The third kappa shape index (κ3) is 2.99. The van der Waals surface area contributed by atoms with Crippen LogP contribution in [0.25, 0.3) is 0 Å². The summed E-state index contributed by atoms with van der Waals surface area (Å²) in [7, 11) is -0.581. The first kappa shape index (κ1) is 14.1. The fraction of sp³-hybridized carbons (Fsp3) is 0.500. The molecular formula is C12H18N2O4S. The van der Waals surface area contributed by atoms with Crippen LogP contribution in [0.1, 0.15) is 12.8 Å². The summed E-state index contributed by atoms with van der Waals surface area (Å²) in [6.07, 6.45) is 1.50. The summed E-state index contributed by atoms with van der Waals surface area (Å²) in [4.78, 5) is 0.0656. The maximum absolute atomic E-state index is 12.3. The Morgan fingerprint density at radius 3 is 2.58 bits per heavy atom. The van der Waals surface area contributed by atoms with Crippen LogP contribution in [0.4, 0.5) is 5.69 Å². The molecule has 1 fully saturated rings. The molecule has 2 rings (SSSR count). The summed E-state index contributed by atoms with van der Waals surface area (Å²) < 4.78 is 37.4. The Morgan fingerprint density at radius 1 is 1.32 bits per heavy atom. The molecule has 0 amide bonds. The van der Waals surface area contributed by atoms with Crippen molar-refractivity contribution < 1.29 is 17.9 Å². The predicted molar refractivity (Wildman–Crippen MR) is 71.5 cm³/mol. The number of sulfonamides is 1. The van der Waals surface area contributed by atoms with Gasteiger partial charge in [0.2, 0.25) is 10.0 Å². The van der Waals surface area contributed by atoms with Gasteiger partial charge in [-0.2, -0.15) is 0 Å². The zero-order valence-corrected chi connectivity index (χ0v) is 11.7. The lowest BCUT2D eigenvalue weighted by atomic mass is 9.90. The molecule has 6 nitrogen and oxygen atoms in total. The molecule has 0 saturated heterocycles. The highest BCUT2D eigenvalue weighted by Gasteiger charge is 2.33. The largest absolute Gasteiger partial charge is 0.495 e. The zero-order valence-electron chi connectivity index (χ0n) is 10.9. The number of hydrogen-bond donors (Lipinski definition) is 2. The van der Waals surface area contributed by atoms with Gasteiger partial charge in [0.25, 0.3) is 0 Å².